The van der Waals surface area contributed by atoms with Gasteiger partial charge in [-0.1, -0.05) is 29.5 Å². The summed E-state index contributed by atoms with van der Waals surface area (Å²) >= 11 is 2.28. The molecule has 0 radical (unpaired) electrons. The van der Waals surface area contributed by atoms with Gasteiger partial charge in [0.05, 0.1) is 0 Å². The molecule has 0 aromatic heterocycles. The fraction of sp³-hybridized carbons (Fsp3) is 0.900. The van der Waals surface area contributed by atoms with E-state index in [1.807, 2.05) is 20.8 Å². The van der Waals surface area contributed by atoms with Gasteiger partial charge in [-0.15, -0.1) is 0 Å². The molecular weight excluding hydrogens is 293 g/mol. The zero-order valence-corrected chi connectivity index (χ0v) is 11.1. The largest absolute Gasteiger partial charge is 0.444 e. The second-order valence-corrected chi connectivity index (χ2v) is 5.73. The van der Waals surface area contributed by atoms with Gasteiger partial charge in [-0.2, -0.15) is 0 Å². The quantitative estimate of drug-likeness (QED) is 0.550. The summed E-state index contributed by atoms with van der Waals surface area (Å²) in [6.45, 7) is 7.29. The molecular formula is C10H18INO2. The van der Waals surface area contributed by atoms with E-state index in [4.69, 9.17) is 6.11 Å². The molecule has 4 heteroatoms. The molecule has 1 saturated heterocycles. The smallest absolute Gasteiger partial charge is 0.410 e. The molecule has 1 rings (SSSR count). The number of hydrogen-bond donors (Lipinski definition) is 0. The Hall–Kier alpha value is 0. The summed E-state index contributed by atoms with van der Waals surface area (Å²) < 4.78 is 13.6. The molecule has 1 aliphatic rings. The summed E-state index contributed by atoms with van der Waals surface area (Å²) in [5.41, 5.74) is -0.419. The van der Waals surface area contributed by atoms with E-state index in [0.29, 0.717) is 20.0 Å². The SMILES string of the molecule is [2H]CC1(CI)CN(C(=O)OC(C)(C)C)C1. The zero-order valence-electron chi connectivity index (χ0n) is 9.97. The van der Waals surface area contributed by atoms with Crippen LogP contribution >= 0.6 is 22.6 Å². The Labute approximate surface area is 101 Å². The van der Waals surface area contributed by atoms with Crippen molar-refractivity contribution in [1.82, 2.24) is 4.90 Å². The molecule has 0 N–H and O–H groups in total. The molecule has 14 heavy (non-hydrogen) atoms. The van der Waals surface area contributed by atoms with Gasteiger partial charge in [0.1, 0.15) is 5.60 Å². The van der Waals surface area contributed by atoms with Crippen molar-refractivity contribution in [3.8, 4) is 0 Å². The highest BCUT2D eigenvalue weighted by Crippen LogP contribution is 2.32. The molecule has 1 fully saturated rings. The predicted octanol–water partition coefficient (Wildman–Crippen LogP) is 2.68. The Morgan fingerprint density at radius 2 is 2.21 bits per heavy atom. The molecule has 0 saturated carbocycles. The van der Waals surface area contributed by atoms with Gasteiger partial charge in [0.25, 0.3) is 0 Å². The first-order chi connectivity index (χ1) is 6.82. The minimum atomic E-state index is -0.430. The van der Waals surface area contributed by atoms with Crippen molar-refractivity contribution in [2.45, 2.75) is 33.3 Å². The van der Waals surface area contributed by atoms with E-state index in [-0.39, 0.29) is 11.5 Å². The number of nitrogens with zero attached hydrogens (tertiary/aromatic N) is 1. The van der Waals surface area contributed by atoms with Gasteiger partial charge in [-0.25, -0.2) is 4.79 Å². The minimum absolute atomic E-state index is 0.0114. The number of carbonyl (C=O) groups is 1. The van der Waals surface area contributed by atoms with Gasteiger partial charge >= 0.3 is 6.09 Å². The molecule has 0 atom stereocenters. The van der Waals surface area contributed by atoms with E-state index in [2.05, 4.69) is 22.6 Å². The molecule has 0 bridgehead atoms. The van der Waals surface area contributed by atoms with Crippen molar-refractivity contribution in [1.29, 1.82) is 0 Å². The van der Waals surface area contributed by atoms with Gasteiger partial charge < -0.3 is 9.64 Å². The van der Waals surface area contributed by atoms with Crippen LogP contribution in [0.2, 0.25) is 0 Å². The Morgan fingerprint density at radius 3 is 2.57 bits per heavy atom. The van der Waals surface area contributed by atoms with E-state index < -0.39 is 5.60 Å². The topological polar surface area (TPSA) is 29.5 Å². The second kappa shape index (κ2) is 3.87. The number of amides is 1. The van der Waals surface area contributed by atoms with Gasteiger partial charge in [0.2, 0.25) is 0 Å². The number of carbonyl (C=O) groups excluding carboxylic acids is 1. The Morgan fingerprint density at radius 1 is 1.64 bits per heavy atom. The van der Waals surface area contributed by atoms with Gasteiger partial charge in [0.15, 0.2) is 0 Å². The van der Waals surface area contributed by atoms with E-state index in [1.165, 1.54) is 0 Å². The lowest BCUT2D eigenvalue weighted by Crippen LogP contribution is -2.58. The number of likely N-dealkylation sites (tertiary alicyclic amines) is 1. The maximum Gasteiger partial charge on any atom is 0.410 e. The Kier molecular flexibility index (Phi) is 2.91. The van der Waals surface area contributed by atoms with Crippen molar-refractivity contribution >= 4 is 28.7 Å². The van der Waals surface area contributed by atoms with Crippen LogP contribution in [-0.4, -0.2) is 34.1 Å². The van der Waals surface area contributed by atoms with E-state index in [1.54, 1.807) is 4.90 Å². The van der Waals surface area contributed by atoms with E-state index in [0.717, 1.165) is 4.43 Å². The van der Waals surface area contributed by atoms with Gasteiger partial charge in [0, 0.05) is 24.3 Å². The summed E-state index contributed by atoms with van der Waals surface area (Å²) in [7, 11) is 0. The predicted molar refractivity (Wildman–Crippen MR) is 64.8 cm³/mol. The van der Waals surface area contributed by atoms with Crippen molar-refractivity contribution in [3.63, 3.8) is 0 Å². The highest BCUT2D eigenvalue weighted by atomic mass is 127. The van der Waals surface area contributed by atoms with Crippen LogP contribution in [0.3, 0.4) is 0 Å². The molecule has 1 amide bonds. The monoisotopic (exact) mass is 312 g/mol. The van der Waals surface area contributed by atoms with Crippen LogP contribution in [0.15, 0.2) is 0 Å². The second-order valence-electron chi connectivity index (χ2n) is 4.97. The van der Waals surface area contributed by atoms with Crippen LogP contribution in [0.25, 0.3) is 0 Å². The molecule has 0 aromatic rings. The van der Waals surface area contributed by atoms with Crippen molar-refractivity contribution in [3.05, 3.63) is 0 Å². The molecule has 0 aromatic carbocycles. The number of rotatable bonds is 1. The molecule has 82 valence electrons. The summed E-state index contributed by atoms with van der Waals surface area (Å²) in [6, 6.07) is 0. The third-order valence-electron chi connectivity index (χ3n) is 1.99. The highest BCUT2D eigenvalue weighted by Gasteiger charge is 2.41. The van der Waals surface area contributed by atoms with Crippen LogP contribution in [0.4, 0.5) is 4.79 Å². The van der Waals surface area contributed by atoms with Gasteiger partial charge in [-0.3, -0.25) is 0 Å². The zero-order chi connectivity index (χ0) is 11.7. The standard InChI is InChI=1S/C10H18INO2/c1-9(2,3)14-8(13)12-6-10(4,5-11)7-12/h5-7H2,1-4H3/i4D. The Balaban J connectivity index is 2.42. The molecule has 0 unspecified atom stereocenters. The average molecular weight is 312 g/mol. The van der Waals surface area contributed by atoms with Crippen LogP contribution in [0.1, 0.15) is 29.0 Å². The number of alkyl halides is 1. The summed E-state index contributed by atoms with van der Waals surface area (Å²) in [6.07, 6.45) is -0.253. The normalized spacial score (nSPS) is 21.1. The van der Waals surface area contributed by atoms with Crippen LogP contribution in [-0.2, 0) is 4.74 Å². The molecule has 3 nitrogen and oxygen atoms in total. The molecule has 1 heterocycles. The van der Waals surface area contributed by atoms with Crippen molar-refractivity contribution in [2.24, 2.45) is 5.41 Å². The first-order valence-corrected chi connectivity index (χ1v) is 6.18. The lowest BCUT2D eigenvalue weighted by molar-refractivity contribution is -0.0195. The van der Waals surface area contributed by atoms with Crippen LogP contribution in [0.5, 0.6) is 0 Å². The van der Waals surface area contributed by atoms with Gasteiger partial charge in [-0.05, 0) is 20.8 Å². The van der Waals surface area contributed by atoms with Crippen molar-refractivity contribution in [2.75, 3.05) is 17.5 Å². The van der Waals surface area contributed by atoms with E-state index in [9.17, 15) is 4.79 Å². The molecule has 0 aliphatic carbocycles. The van der Waals surface area contributed by atoms with Crippen LogP contribution in [0, 0.1) is 5.41 Å². The van der Waals surface area contributed by atoms with Crippen molar-refractivity contribution < 1.29 is 10.9 Å². The highest BCUT2D eigenvalue weighted by molar-refractivity contribution is 14.1. The third-order valence-corrected chi connectivity index (χ3v) is 3.61. The average Bonchev–Trinajstić information content (AvgIpc) is 2.00. The maximum atomic E-state index is 11.6. The van der Waals surface area contributed by atoms with Crippen LogP contribution < -0.4 is 0 Å². The maximum absolute atomic E-state index is 11.6. The summed E-state index contributed by atoms with van der Waals surface area (Å²) in [4.78, 5) is 13.3. The molecule has 1 aliphatic heterocycles. The van der Waals surface area contributed by atoms with E-state index >= 15 is 0 Å². The first-order valence-electron chi connectivity index (χ1n) is 5.36. The number of hydrogen-bond acceptors (Lipinski definition) is 2. The third kappa shape index (κ3) is 3.00. The minimum Gasteiger partial charge on any atom is -0.444 e. The summed E-state index contributed by atoms with van der Waals surface area (Å²) in [5, 5.41) is 0. The molecule has 0 spiro atoms. The lowest BCUT2D eigenvalue weighted by atomic mass is 9.85. The summed E-state index contributed by atoms with van der Waals surface area (Å²) in [5.74, 6) is 0. The fourth-order valence-corrected chi connectivity index (χ4v) is 1.79. The number of halogens is 1. The Bertz CT molecular complexity index is 240. The first kappa shape index (κ1) is 10.5. The fourth-order valence-electron chi connectivity index (χ4n) is 1.30. The lowest BCUT2D eigenvalue weighted by Gasteiger charge is -2.47. The number of ether oxygens (including phenoxy) is 1.